The van der Waals surface area contributed by atoms with Gasteiger partial charge in [-0.3, -0.25) is 4.79 Å². The lowest BCUT2D eigenvalue weighted by atomic mass is 10.00. The van der Waals surface area contributed by atoms with Crippen molar-refractivity contribution in [2.45, 2.75) is 26.7 Å². The van der Waals surface area contributed by atoms with Crippen molar-refractivity contribution in [1.29, 1.82) is 5.26 Å². The Labute approximate surface area is 225 Å². The third-order valence-corrected chi connectivity index (χ3v) is 7.51. The van der Waals surface area contributed by atoms with Gasteiger partial charge in [0.25, 0.3) is 5.91 Å². The Morgan fingerprint density at radius 3 is 2.26 bits per heavy atom. The van der Waals surface area contributed by atoms with E-state index in [0.717, 1.165) is 21.5 Å². The lowest BCUT2D eigenvalue weighted by Gasteiger charge is -2.11. The molecule has 188 valence electrons. The summed E-state index contributed by atoms with van der Waals surface area (Å²) >= 11 is 1.39. The Balaban J connectivity index is 1.70. The first-order valence-electron chi connectivity index (χ1n) is 12.3. The fraction of sp³-hybridized carbons (Fsp3) is 0.129. The number of aromatic nitrogens is 1. The standard InChI is InChI=1S/C31H27N5OS/c1-18(2)20-11-15-23(16-12-20)35-31-26(30(37)34-22-13-9-19(3)10-14-22)27-28(38-31)25(21-7-5-4-6-8-21)24(17-32)29(33)36-27/h4-16,18,35H,1-3H3,(H2,33,36)(H,34,37). The Bertz CT molecular complexity index is 1670. The minimum atomic E-state index is -0.308. The number of thiophene rings is 1. The van der Waals surface area contributed by atoms with E-state index in [-0.39, 0.29) is 11.7 Å². The molecule has 0 radical (unpaired) electrons. The molecule has 0 saturated carbocycles. The number of aryl methyl sites for hydroxylation is 1. The third kappa shape index (κ3) is 4.82. The van der Waals surface area contributed by atoms with Crippen LogP contribution in [0.25, 0.3) is 21.3 Å². The highest BCUT2D eigenvalue weighted by Gasteiger charge is 2.26. The molecule has 0 fully saturated rings. The normalized spacial score (nSPS) is 10.9. The fourth-order valence-corrected chi connectivity index (χ4v) is 5.55. The van der Waals surface area contributed by atoms with Crippen molar-refractivity contribution in [3.63, 3.8) is 0 Å². The summed E-state index contributed by atoms with van der Waals surface area (Å²) in [7, 11) is 0. The monoisotopic (exact) mass is 517 g/mol. The zero-order valence-electron chi connectivity index (χ0n) is 21.4. The van der Waals surface area contributed by atoms with Gasteiger partial charge in [-0.1, -0.05) is 74.0 Å². The van der Waals surface area contributed by atoms with E-state index >= 15 is 0 Å². The van der Waals surface area contributed by atoms with Crippen LogP contribution in [0, 0.1) is 18.3 Å². The smallest absolute Gasteiger partial charge is 0.260 e. The molecular formula is C31H27N5OS. The quantitative estimate of drug-likeness (QED) is 0.213. The van der Waals surface area contributed by atoms with E-state index in [2.05, 4.69) is 47.7 Å². The number of fused-ring (bicyclic) bond motifs is 1. The van der Waals surface area contributed by atoms with Gasteiger partial charge >= 0.3 is 0 Å². The second-order valence-corrected chi connectivity index (χ2v) is 10.5. The van der Waals surface area contributed by atoms with Crippen LogP contribution in [0.3, 0.4) is 0 Å². The molecule has 0 aliphatic rings. The first-order valence-corrected chi connectivity index (χ1v) is 13.1. The molecule has 0 atom stereocenters. The van der Waals surface area contributed by atoms with Crippen molar-refractivity contribution >= 4 is 49.7 Å². The first-order chi connectivity index (χ1) is 18.4. The Morgan fingerprint density at radius 2 is 1.63 bits per heavy atom. The summed E-state index contributed by atoms with van der Waals surface area (Å²) in [5.74, 6) is 0.195. The summed E-state index contributed by atoms with van der Waals surface area (Å²) in [6.07, 6.45) is 0. The summed E-state index contributed by atoms with van der Waals surface area (Å²) in [6.45, 7) is 6.29. The molecule has 2 heterocycles. The van der Waals surface area contributed by atoms with E-state index in [1.54, 1.807) is 0 Å². The Hall–Kier alpha value is -4.67. The number of carbonyl (C=O) groups excluding carboxylic acids is 1. The van der Waals surface area contributed by atoms with Gasteiger partial charge in [-0.25, -0.2) is 4.98 Å². The van der Waals surface area contributed by atoms with Crippen LogP contribution in [0.4, 0.5) is 22.2 Å². The van der Waals surface area contributed by atoms with Crippen LogP contribution in [0.2, 0.25) is 0 Å². The molecule has 0 aliphatic carbocycles. The van der Waals surface area contributed by atoms with E-state index in [1.165, 1.54) is 16.9 Å². The number of hydrogen-bond donors (Lipinski definition) is 3. The van der Waals surface area contributed by atoms with Gasteiger partial charge in [0.2, 0.25) is 0 Å². The van der Waals surface area contributed by atoms with Crippen LogP contribution >= 0.6 is 11.3 Å². The van der Waals surface area contributed by atoms with Crippen molar-refractivity contribution in [2.75, 3.05) is 16.4 Å². The second kappa shape index (κ2) is 10.4. The van der Waals surface area contributed by atoms with Gasteiger partial charge in [-0.05, 0) is 48.2 Å². The molecule has 38 heavy (non-hydrogen) atoms. The Kier molecular flexibility index (Phi) is 6.82. The molecule has 2 aromatic heterocycles. The van der Waals surface area contributed by atoms with Gasteiger partial charge in [0.1, 0.15) is 28.0 Å². The minimum absolute atomic E-state index is 0.0916. The SMILES string of the molecule is Cc1ccc(NC(=O)c2c(Nc3ccc(C(C)C)cc3)sc3c(-c4ccccc4)c(C#N)c(N)nc23)cc1. The van der Waals surface area contributed by atoms with Gasteiger partial charge in [0.15, 0.2) is 0 Å². The van der Waals surface area contributed by atoms with Crippen LogP contribution < -0.4 is 16.4 Å². The van der Waals surface area contributed by atoms with Crippen molar-refractivity contribution < 1.29 is 4.79 Å². The highest BCUT2D eigenvalue weighted by atomic mass is 32.1. The molecule has 5 aromatic rings. The number of nitrogens with one attached hydrogen (secondary N) is 2. The van der Waals surface area contributed by atoms with Gasteiger partial charge in [-0.2, -0.15) is 5.26 Å². The van der Waals surface area contributed by atoms with Crippen molar-refractivity contribution in [3.05, 3.63) is 101 Å². The molecule has 1 amide bonds. The van der Waals surface area contributed by atoms with Gasteiger partial charge < -0.3 is 16.4 Å². The summed E-state index contributed by atoms with van der Waals surface area (Å²) in [5.41, 5.74) is 12.8. The number of hydrogen-bond acceptors (Lipinski definition) is 6. The topological polar surface area (TPSA) is 104 Å². The second-order valence-electron chi connectivity index (χ2n) is 9.43. The van der Waals surface area contributed by atoms with Crippen LogP contribution in [0.15, 0.2) is 78.9 Å². The number of pyridine rings is 1. The zero-order valence-corrected chi connectivity index (χ0v) is 22.2. The molecule has 0 bridgehead atoms. The van der Waals surface area contributed by atoms with Gasteiger partial charge in [-0.15, -0.1) is 11.3 Å². The number of nitrogens with zero attached hydrogens (tertiary/aromatic N) is 2. The maximum absolute atomic E-state index is 13.8. The number of benzene rings is 3. The molecule has 3 aromatic carbocycles. The lowest BCUT2D eigenvalue weighted by molar-refractivity contribution is 0.102. The van der Waals surface area contributed by atoms with Gasteiger partial charge in [0.05, 0.1) is 10.2 Å². The van der Waals surface area contributed by atoms with Crippen LogP contribution in [0.5, 0.6) is 0 Å². The number of nitrogen functional groups attached to an aromatic ring is 1. The number of carbonyl (C=O) groups is 1. The van der Waals surface area contributed by atoms with Gasteiger partial charge in [0, 0.05) is 16.9 Å². The summed E-state index contributed by atoms with van der Waals surface area (Å²) in [5, 5.41) is 17.0. The lowest BCUT2D eigenvalue weighted by Crippen LogP contribution is -2.13. The van der Waals surface area contributed by atoms with Crippen molar-refractivity contribution in [2.24, 2.45) is 0 Å². The molecule has 7 heteroatoms. The number of nitrogens with two attached hydrogens (primary N) is 1. The van der Waals surface area contributed by atoms with E-state index in [1.807, 2.05) is 73.7 Å². The fourth-order valence-electron chi connectivity index (χ4n) is 4.32. The maximum atomic E-state index is 13.8. The van der Waals surface area contributed by atoms with Crippen LogP contribution in [-0.2, 0) is 0 Å². The largest absolute Gasteiger partial charge is 0.383 e. The highest BCUT2D eigenvalue weighted by Crippen LogP contribution is 2.44. The predicted octanol–water partition coefficient (Wildman–Crippen LogP) is 7.84. The molecule has 4 N–H and O–H groups in total. The molecule has 0 saturated heterocycles. The summed E-state index contributed by atoms with van der Waals surface area (Å²) in [4.78, 5) is 18.3. The molecular weight excluding hydrogens is 490 g/mol. The van der Waals surface area contributed by atoms with Crippen LogP contribution in [-0.4, -0.2) is 10.9 Å². The minimum Gasteiger partial charge on any atom is -0.383 e. The number of anilines is 4. The average molecular weight is 518 g/mol. The number of nitriles is 1. The van der Waals surface area contributed by atoms with E-state index in [9.17, 15) is 10.1 Å². The average Bonchev–Trinajstić information content (AvgIpc) is 3.27. The molecule has 5 rings (SSSR count). The van der Waals surface area contributed by atoms with E-state index in [4.69, 9.17) is 5.73 Å². The maximum Gasteiger partial charge on any atom is 0.260 e. The first kappa shape index (κ1) is 25.0. The predicted molar refractivity (Wildman–Crippen MR) is 157 cm³/mol. The zero-order chi connectivity index (χ0) is 26.8. The highest BCUT2D eigenvalue weighted by molar-refractivity contribution is 7.24. The van der Waals surface area contributed by atoms with E-state index in [0.29, 0.717) is 38.8 Å². The molecule has 0 unspecified atom stereocenters. The van der Waals surface area contributed by atoms with Crippen molar-refractivity contribution in [3.8, 4) is 17.2 Å². The van der Waals surface area contributed by atoms with Crippen molar-refractivity contribution in [1.82, 2.24) is 4.98 Å². The number of amides is 1. The molecule has 0 aliphatic heterocycles. The summed E-state index contributed by atoms with van der Waals surface area (Å²) < 4.78 is 0.720. The molecule has 0 spiro atoms. The summed E-state index contributed by atoms with van der Waals surface area (Å²) in [6, 6.07) is 27.6. The molecule has 6 nitrogen and oxygen atoms in total. The Morgan fingerprint density at radius 1 is 0.974 bits per heavy atom. The van der Waals surface area contributed by atoms with Crippen LogP contribution in [0.1, 0.15) is 46.8 Å². The van der Waals surface area contributed by atoms with E-state index < -0.39 is 0 Å². The number of rotatable bonds is 6. The third-order valence-electron chi connectivity index (χ3n) is 6.39.